The molecule has 26 heavy (non-hydrogen) atoms. The molecule has 1 amide bonds. The molecular formula is C19H21N5OS. The lowest BCUT2D eigenvalue weighted by Crippen LogP contribution is -2.48. The molecule has 0 aliphatic carbocycles. The number of nitrogens with zero attached hydrogens (tertiary/aromatic N) is 4. The van der Waals surface area contributed by atoms with Crippen LogP contribution >= 0.6 is 11.3 Å². The van der Waals surface area contributed by atoms with Gasteiger partial charge in [-0.25, -0.2) is 9.67 Å². The first kappa shape index (κ1) is 16.9. The highest BCUT2D eigenvalue weighted by atomic mass is 32.1. The van der Waals surface area contributed by atoms with Gasteiger partial charge in [-0.2, -0.15) is 5.10 Å². The number of para-hydroxylation sites is 1. The maximum absolute atomic E-state index is 12.8. The lowest BCUT2D eigenvalue weighted by atomic mass is 9.99. The smallest absolute Gasteiger partial charge is 0.273 e. The first-order chi connectivity index (χ1) is 12.6. The molecule has 0 spiro atoms. The topological polar surface area (TPSA) is 77.0 Å². The number of amides is 1. The van der Waals surface area contributed by atoms with Crippen LogP contribution in [-0.2, 0) is 0 Å². The summed E-state index contributed by atoms with van der Waals surface area (Å²) >= 11 is 1.47. The number of benzene rings is 1. The maximum Gasteiger partial charge on any atom is 0.273 e. The molecule has 7 heteroatoms. The number of hydrogen-bond acceptors (Lipinski definition) is 5. The van der Waals surface area contributed by atoms with Crippen LogP contribution in [0.2, 0.25) is 0 Å². The van der Waals surface area contributed by atoms with E-state index in [0.717, 1.165) is 29.1 Å². The number of nitrogens with two attached hydrogens (primary N) is 1. The monoisotopic (exact) mass is 367 g/mol. The number of aromatic nitrogens is 3. The molecule has 1 aliphatic heterocycles. The van der Waals surface area contributed by atoms with E-state index in [2.05, 4.69) is 10.1 Å². The van der Waals surface area contributed by atoms with Crippen LogP contribution in [0.5, 0.6) is 0 Å². The maximum atomic E-state index is 12.8. The van der Waals surface area contributed by atoms with Gasteiger partial charge in [0, 0.05) is 35.8 Å². The van der Waals surface area contributed by atoms with Crippen LogP contribution < -0.4 is 5.73 Å². The molecule has 1 aliphatic rings. The van der Waals surface area contributed by atoms with E-state index in [1.54, 1.807) is 6.20 Å². The van der Waals surface area contributed by atoms with Gasteiger partial charge in [0.2, 0.25) is 0 Å². The minimum absolute atomic E-state index is 0.0117. The Labute approximate surface area is 156 Å². The molecule has 3 heterocycles. The summed E-state index contributed by atoms with van der Waals surface area (Å²) in [6.45, 7) is 2.74. The highest BCUT2D eigenvalue weighted by Gasteiger charge is 2.29. The molecule has 1 fully saturated rings. The zero-order chi connectivity index (χ0) is 18.1. The fourth-order valence-corrected chi connectivity index (χ4v) is 4.09. The van der Waals surface area contributed by atoms with Crippen LogP contribution in [0.4, 0.5) is 0 Å². The Hall–Kier alpha value is -2.51. The molecule has 0 radical (unpaired) electrons. The first-order valence-corrected chi connectivity index (χ1v) is 9.62. The molecule has 2 aromatic heterocycles. The van der Waals surface area contributed by atoms with Crippen molar-refractivity contribution in [2.45, 2.75) is 31.8 Å². The van der Waals surface area contributed by atoms with E-state index in [-0.39, 0.29) is 18.0 Å². The SMILES string of the molecule is C[C@@H]1C[C@H](N)CCN1C(=O)c1csc(-c2cnn(-c3ccccc3)c2)n1. The number of piperidine rings is 1. The van der Waals surface area contributed by atoms with E-state index in [9.17, 15) is 4.79 Å². The number of rotatable bonds is 3. The molecule has 134 valence electrons. The first-order valence-electron chi connectivity index (χ1n) is 8.74. The Kier molecular flexibility index (Phi) is 4.57. The molecule has 6 nitrogen and oxygen atoms in total. The highest BCUT2D eigenvalue weighted by Crippen LogP contribution is 2.26. The van der Waals surface area contributed by atoms with Gasteiger partial charge in [-0.15, -0.1) is 11.3 Å². The van der Waals surface area contributed by atoms with Crippen LogP contribution in [0.15, 0.2) is 48.1 Å². The van der Waals surface area contributed by atoms with Crippen molar-refractivity contribution in [2.24, 2.45) is 5.73 Å². The van der Waals surface area contributed by atoms with E-state index < -0.39 is 0 Å². The average molecular weight is 367 g/mol. The van der Waals surface area contributed by atoms with Gasteiger partial charge in [0.15, 0.2) is 0 Å². The third-order valence-electron chi connectivity index (χ3n) is 4.75. The molecule has 2 N–H and O–H groups in total. The lowest BCUT2D eigenvalue weighted by molar-refractivity contribution is 0.0614. The zero-order valence-corrected chi connectivity index (χ0v) is 15.4. The van der Waals surface area contributed by atoms with E-state index in [1.807, 2.05) is 58.4 Å². The van der Waals surface area contributed by atoms with Gasteiger partial charge < -0.3 is 10.6 Å². The summed E-state index contributed by atoms with van der Waals surface area (Å²) in [6, 6.07) is 10.2. The van der Waals surface area contributed by atoms with Gasteiger partial charge in [-0.05, 0) is 31.9 Å². The standard InChI is InChI=1S/C19H21N5OS/c1-13-9-15(20)7-8-23(13)19(25)17-12-26-18(22-17)14-10-21-24(11-14)16-5-3-2-4-6-16/h2-6,10-13,15H,7-9,20H2,1H3/t13-,15-/m1/s1. The van der Waals surface area contributed by atoms with Gasteiger partial charge >= 0.3 is 0 Å². The summed E-state index contributed by atoms with van der Waals surface area (Å²) in [4.78, 5) is 19.2. The molecule has 3 aromatic rings. The molecule has 1 saturated heterocycles. The Balaban J connectivity index is 1.53. The summed E-state index contributed by atoms with van der Waals surface area (Å²) in [5.41, 5.74) is 8.40. The second-order valence-electron chi connectivity index (χ2n) is 6.68. The molecule has 1 aromatic carbocycles. The Morgan fingerprint density at radius 1 is 1.31 bits per heavy atom. The van der Waals surface area contributed by atoms with Gasteiger partial charge in [0.25, 0.3) is 5.91 Å². The molecule has 0 bridgehead atoms. The summed E-state index contributed by atoms with van der Waals surface area (Å²) in [6.07, 6.45) is 5.40. The van der Waals surface area contributed by atoms with Crippen molar-refractivity contribution in [3.63, 3.8) is 0 Å². The predicted molar refractivity (Wildman–Crippen MR) is 102 cm³/mol. The summed E-state index contributed by atoms with van der Waals surface area (Å²) in [5.74, 6) is -0.0117. The van der Waals surface area contributed by atoms with Crippen molar-refractivity contribution in [1.29, 1.82) is 0 Å². The van der Waals surface area contributed by atoms with Crippen LogP contribution in [0.25, 0.3) is 16.3 Å². The third-order valence-corrected chi connectivity index (χ3v) is 5.64. The van der Waals surface area contributed by atoms with Crippen molar-refractivity contribution in [2.75, 3.05) is 6.54 Å². The minimum atomic E-state index is -0.0117. The molecule has 0 unspecified atom stereocenters. The van der Waals surface area contributed by atoms with Crippen LogP contribution in [0.1, 0.15) is 30.3 Å². The summed E-state index contributed by atoms with van der Waals surface area (Å²) in [5, 5.41) is 7.04. The van der Waals surface area contributed by atoms with E-state index in [1.165, 1.54) is 11.3 Å². The number of hydrogen-bond donors (Lipinski definition) is 1. The highest BCUT2D eigenvalue weighted by molar-refractivity contribution is 7.13. The molecule has 4 rings (SSSR count). The Morgan fingerprint density at radius 3 is 2.88 bits per heavy atom. The normalized spacial score (nSPS) is 20.3. The van der Waals surface area contributed by atoms with Crippen molar-refractivity contribution in [3.8, 4) is 16.3 Å². The van der Waals surface area contributed by atoms with E-state index >= 15 is 0 Å². The Bertz CT molecular complexity index is 904. The number of thiazole rings is 1. The molecular weight excluding hydrogens is 346 g/mol. The van der Waals surface area contributed by atoms with Gasteiger partial charge in [-0.3, -0.25) is 4.79 Å². The van der Waals surface area contributed by atoms with Crippen LogP contribution in [0.3, 0.4) is 0 Å². The second-order valence-corrected chi connectivity index (χ2v) is 7.54. The van der Waals surface area contributed by atoms with Crippen LogP contribution in [0, 0.1) is 0 Å². The fourth-order valence-electron chi connectivity index (χ4n) is 3.32. The van der Waals surface area contributed by atoms with Crippen molar-refractivity contribution in [3.05, 3.63) is 53.8 Å². The lowest BCUT2D eigenvalue weighted by Gasteiger charge is -2.35. The molecule has 0 saturated carbocycles. The fraction of sp³-hybridized carbons (Fsp3) is 0.316. The number of likely N-dealkylation sites (tertiary alicyclic amines) is 1. The van der Waals surface area contributed by atoms with Crippen molar-refractivity contribution >= 4 is 17.2 Å². The minimum Gasteiger partial charge on any atom is -0.334 e. The zero-order valence-electron chi connectivity index (χ0n) is 14.6. The van der Waals surface area contributed by atoms with Gasteiger partial charge in [-0.1, -0.05) is 18.2 Å². The quantitative estimate of drug-likeness (QED) is 0.772. The van der Waals surface area contributed by atoms with Crippen LogP contribution in [-0.4, -0.2) is 44.2 Å². The largest absolute Gasteiger partial charge is 0.334 e. The third kappa shape index (κ3) is 3.27. The van der Waals surface area contributed by atoms with E-state index in [4.69, 9.17) is 5.73 Å². The van der Waals surface area contributed by atoms with Crippen molar-refractivity contribution in [1.82, 2.24) is 19.7 Å². The summed E-state index contributed by atoms with van der Waals surface area (Å²) in [7, 11) is 0. The van der Waals surface area contributed by atoms with Gasteiger partial charge in [0.1, 0.15) is 10.7 Å². The van der Waals surface area contributed by atoms with Crippen molar-refractivity contribution < 1.29 is 4.79 Å². The predicted octanol–water partition coefficient (Wildman–Crippen LogP) is 2.95. The summed E-state index contributed by atoms with van der Waals surface area (Å²) < 4.78 is 1.81. The van der Waals surface area contributed by atoms with E-state index in [0.29, 0.717) is 12.2 Å². The second kappa shape index (κ2) is 7.01. The molecule has 2 atom stereocenters. The Morgan fingerprint density at radius 2 is 2.12 bits per heavy atom. The number of carbonyl (C=O) groups excluding carboxylic acids is 1. The van der Waals surface area contributed by atoms with Gasteiger partial charge in [0.05, 0.1) is 11.9 Å². The number of carbonyl (C=O) groups is 1. The average Bonchev–Trinajstić information content (AvgIpc) is 3.31.